The molecule has 0 aliphatic heterocycles. The summed E-state index contributed by atoms with van der Waals surface area (Å²) in [5, 5.41) is 0. The molecule has 6 nitrogen and oxygen atoms in total. The van der Waals surface area contributed by atoms with Gasteiger partial charge >= 0.3 is 35.8 Å². The Morgan fingerprint density at radius 2 is 0.538 bits per heavy atom. The molecule has 0 amide bonds. The van der Waals surface area contributed by atoms with Gasteiger partial charge in [0.25, 0.3) is 0 Å². The zero-order valence-corrected chi connectivity index (χ0v) is 8.27. The van der Waals surface area contributed by atoms with Crippen LogP contribution in [0.15, 0.2) is 0 Å². The molecule has 0 unspecified atom stereocenters. The first kappa shape index (κ1) is 73.1. The minimum atomic E-state index is -9.19. The molecule has 0 heterocycles. The van der Waals surface area contributed by atoms with Crippen molar-refractivity contribution in [3.05, 3.63) is 0 Å². The van der Waals surface area contributed by atoms with Gasteiger partial charge in [0.05, 0.1) is 0 Å². The van der Waals surface area contributed by atoms with Gasteiger partial charge in [-0.2, -0.15) is 0 Å². The molecule has 0 aromatic heterocycles. The topological polar surface area (TPSA) is 189 Å². The number of hydrogen-bond donors (Lipinski definition) is 0. The molecule has 0 rings (SSSR count). The van der Waals surface area contributed by atoms with Crippen molar-refractivity contribution < 1.29 is 53.1 Å². The Balaban J connectivity index is -0.00000000446. The van der Waals surface area contributed by atoms with Gasteiger partial charge in [0, 0.05) is 0 Å². The SMILES string of the molecule is O.O.O.O.O.O.[F-].[F][Sb]([F])([F])([F])[F].[H+]. The average Bonchev–Trinajstić information content (AvgIpc) is 0.650. The maximum Gasteiger partial charge on any atom is 1.00 e. The van der Waals surface area contributed by atoms with E-state index in [0.717, 1.165) is 0 Å². The van der Waals surface area contributed by atoms with Crippen molar-refractivity contribution in [2.45, 2.75) is 0 Å². The van der Waals surface area contributed by atoms with Crippen molar-refractivity contribution in [2.75, 3.05) is 0 Å². The second kappa shape index (κ2) is 14.7. The van der Waals surface area contributed by atoms with Crippen LogP contribution in [-0.4, -0.2) is 53.2 Å². The van der Waals surface area contributed by atoms with Crippen LogP contribution in [0.4, 0.5) is 14.1 Å². The fourth-order valence-electron chi connectivity index (χ4n) is 0. The molecule has 0 saturated heterocycles. The smallest absolute Gasteiger partial charge is 1.00 e. The van der Waals surface area contributed by atoms with Crippen LogP contribution in [0.25, 0.3) is 0 Å². The molecular weight excluding hydrogens is 332 g/mol. The van der Waals surface area contributed by atoms with Crippen LogP contribution in [0, 0.1) is 0 Å². The molecule has 0 atom stereocenters. The molecule has 13 heteroatoms. The van der Waals surface area contributed by atoms with Crippen molar-refractivity contribution in [1.29, 1.82) is 0 Å². The number of hydrogen-bond acceptors (Lipinski definition) is 0. The van der Waals surface area contributed by atoms with Crippen LogP contribution in [0.5, 0.6) is 0 Å². The molecule has 13 heavy (non-hydrogen) atoms. The van der Waals surface area contributed by atoms with E-state index in [1.807, 2.05) is 0 Å². The van der Waals surface area contributed by atoms with E-state index in [4.69, 9.17) is 0 Å². The van der Waals surface area contributed by atoms with Gasteiger partial charge < -0.3 is 37.6 Å². The van der Waals surface area contributed by atoms with Gasteiger partial charge in [-0.3, -0.25) is 0 Å². The Morgan fingerprint density at radius 3 is 0.538 bits per heavy atom. The Bertz CT molecular complexity index is 55.5. The molecule has 0 fully saturated rings. The second-order valence-electron chi connectivity index (χ2n) is 0.639. The molecule has 0 radical (unpaired) electrons. The van der Waals surface area contributed by atoms with E-state index < -0.39 is 20.3 Å². The monoisotopic (exact) mass is 344 g/mol. The predicted octanol–water partition coefficient (Wildman–Crippen LogP) is -6.11. The van der Waals surface area contributed by atoms with Crippen LogP contribution < -0.4 is 4.70 Å². The standard InChI is InChI=1S/6FH.6H2O.Sb/h6*1H;6*1H2;/q;;;;;;;;;;;;+5/p-5. The van der Waals surface area contributed by atoms with Gasteiger partial charge in [0.2, 0.25) is 0 Å². The van der Waals surface area contributed by atoms with Crippen molar-refractivity contribution in [3.8, 4) is 0 Å². The molecule has 96 valence electrons. The fraction of sp³-hybridized carbons (Fsp3) is 0. The van der Waals surface area contributed by atoms with Crippen molar-refractivity contribution in [2.24, 2.45) is 0 Å². The fourth-order valence-corrected chi connectivity index (χ4v) is 0. The molecule has 0 aliphatic rings. The van der Waals surface area contributed by atoms with Crippen LogP contribution in [0.1, 0.15) is 1.43 Å². The molecule has 0 spiro atoms. The summed E-state index contributed by atoms with van der Waals surface area (Å²) < 4.78 is 49.6. The summed E-state index contributed by atoms with van der Waals surface area (Å²) in [5.74, 6) is 0. The van der Waals surface area contributed by atoms with E-state index >= 15 is 0 Å². The summed E-state index contributed by atoms with van der Waals surface area (Å²) in [5.41, 5.74) is 0. The van der Waals surface area contributed by atoms with E-state index in [1.54, 1.807) is 0 Å². The summed E-state index contributed by atoms with van der Waals surface area (Å²) in [7, 11) is 0. The van der Waals surface area contributed by atoms with Gasteiger partial charge in [0.1, 0.15) is 0 Å². The summed E-state index contributed by atoms with van der Waals surface area (Å²) in [6, 6.07) is 0. The first-order valence-electron chi connectivity index (χ1n) is 0.845. The number of rotatable bonds is 0. The minimum absolute atomic E-state index is 0. The van der Waals surface area contributed by atoms with E-state index in [2.05, 4.69) is 0 Å². The molecular formula is H13F6O6Sb. The minimum Gasteiger partial charge on any atom is 1.00 e. The normalized spacial score (nSPS) is 8.85. The van der Waals surface area contributed by atoms with Crippen LogP contribution in [0.2, 0.25) is 0 Å². The van der Waals surface area contributed by atoms with Crippen molar-refractivity contribution in [1.82, 2.24) is 0 Å². The largest absolute Gasteiger partial charge is 1.00 e. The third-order valence-electron chi connectivity index (χ3n) is 0. The van der Waals surface area contributed by atoms with Crippen LogP contribution in [0.3, 0.4) is 0 Å². The first-order valence-corrected chi connectivity index (χ1v) is 5.67. The van der Waals surface area contributed by atoms with Gasteiger partial charge in [-0.1, -0.05) is 0 Å². The Labute approximate surface area is 74.1 Å². The quantitative estimate of drug-likeness (QED) is 0.299. The van der Waals surface area contributed by atoms with Crippen molar-refractivity contribution in [3.63, 3.8) is 0 Å². The Morgan fingerprint density at radius 1 is 0.538 bits per heavy atom. The van der Waals surface area contributed by atoms with Crippen molar-refractivity contribution >= 4 is 20.3 Å². The Hall–Kier alpha value is 0.158. The average molecular weight is 345 g/mol. The molecule has 0 saturated carbocycles. The van der Waals surface area contributed by atoms with E-state index in [-0.39, 0.29) is 39.0 Å². The summed E-state index contributed by atoms with van der Waals surface area (Å²) in [6.45, 7) is 0. The van der Waals surface area contributed by atoms with E-state index in [1.165, 1.54) is 0 Å². The maximum absolute atomic E-state index is 9.91. The summed E-state index contributed by atoms with van der Waals surface area (Å²) in [4.78, 5) is 0. The van der Waals surface area contributed by atoms with Gasteiger partial charge in [-0.05, 0) is 0 Å². The Kier molecular flexibility index (Phi) is 82.5. The van der Waals surface area contributed by atoms with Crippen LogP contribution in [-0.2, 0) is 0 Å². The van der Waals surface area contributed by atoms with Gasteiger partial charge in [0.15, 0.2) is 0 Å². The third kappa shape index (κ3) is 50100. The number of halogens is 6. The van der Waals surface area contributed by atoms with E-state index in [9.17, 15) is 14.1 Å². The predicted molar refractivity (Wildman–Crippen MR) is 34.1 cm³/mol. The third-order valence-corrected chi connectivity index (χ3v) is 0. The summed E-state index contributed by atoms with van der Waals surface area (Å²) >= 11 is -9.19. The molecule has 0 bridgehead atoms. The van der Waals surface area contributed by atoms with E-state index in [0.29, 0.717) is 0 Å². The molecule has 0 aliphatic carbocycles. The maximum atomic E-state index is 9.91. The summed E-state index contributed by atoms with van der Waals surface area (Å²) in [6.07, 6.45) is 0. The molecule has 0 aromatic rings. The molecule has 0 aromatic carbocycles. The van der Waals surface area contributed by atoms with Crippen LogP contribution >= 0.6 is 0 Å². The zero-order chi connectivity index (χ0) is 5.45. The van der Waals surface area contributed by atoms with Gasteiger partial charge in [-0.15, -0.1) is 0 Å². The second-order valence-corrected chi connectivity index (χ2v) is 4.29. The molecule has 12 N–H and O–H groups in total. The zero-order valence-electron chi connectivity index (χ0n) is 6.72. The first-order chi connectivity index (χ1) is 2.24. The van der Waals surface area contributed by atoms with Gasteiger partial charge in [-0.25, -0.2) is 0 Å².